The summed E-state index contributed by atoms with van der Waals surface area (Å²) >= 11 is 0. The van der Waals surface area contributed by atoms with E-state index in [0.29, 0.717) is 17.4 Å². The van der Waals surface area contributed by atoms with Gasteiger partial charge < -0.3 is 0 Å². The van der Waals surface area contributed by atoms with Gasteiger partial charge in [-0.1, -0.05) is 41.0 Å². The Morgan fingerprint density at radius 3 is 2.15 bits per heavy atom. The molecule has 0 aliphatic heterocycles. The van der Waals surface area contributed by atoms with E-state index in [0.717, 1.165) is 6.42 Å². The van der Waals surface area contributed by atoms with Crippen LogP contribution in [0, 0.1) is 11.3 Å². The van der Waals surface area contributed by atoms with Gasteiger partial charge in [-0.15, -0.1) is 0 Å². The van der Waals surface area contributed by atoms with E-state index in [2.05, 4.69) is 40.0 Å². The predicted molar refractivity (Wildman–Crippen MR) is 59.3 cm³/mol. The molecule has 0 bridgehead atoms. The molecule has 3 N–H and O–H groups in total. The lowest BCUT2D eigenvalue weighted by molar-refractivity contribution is 0.169. The lowest BCUT2D eigenvalue weighted by atomic mass is 9.75. The van der Waals surface area contributed by atoms with Crippen molar-refractivity contribution >= 4 is 0 Å². The molecule has 2 unspecified atom stereocenters. The van der Waals surface area contributed by atoms with E-state index in [-0.39, 0.29) is 0 Å². The maximum Gasteiger partial charge on any atom is 0.0287 e. The van der Waals surface area contributed by atoms with Gasteiger partial charge in [0.05, 0.1) is 0 Å². The fourth-order valence-electron chi connectivity index (χ4n) is 2.00. The highest BCUT2D eigenvalue weighted by Crippen LogP contribution is 2.30. The van der Waals surface area contributed by atoms with Crippen molar-refractivity contribution in [1.82, 2.24) is 5.43 Å². The molecule has 0 aromatic carbocycles. The molecule has 0 radical (unpaired) electrons. The van der Waals surface area contributed by atoms with Crippen molar-refractivity contribution in [2.24, 2.45) is 17.2 Å². The third-order valence-electron chi connectivity index (χ3n) is 3.25. The van der Waals surface area contributed by atoms with Gasteiger partial charge in [0.1, 0.15) is 0 Å². The summed E-state index contributed by atoms with van der Waals surface area (Å²) in [6.07, 6.45) is 3.65. The molecule has 2 nitrogen and oxygen atoms in total. The Balaban J connectivity index is 4.31. The topological polar surface area (TPSA) is 38.0 Å². The fraction of sp³-hybridized carbons (Fsp3) is 1.00. The van der Waals surface area contributed by atoms with Crippen LogP contribution < -0.4 is 11.3 Å². The molecule has 0 aromatic heterocycles. The Bertz CT molecular complexity index is 132. The molecular formula is C11H26N2. The van der Waals surface area contributed by atoms with Gasteiger partial charge >= 0.3 is 0 Å². The van der Waals surface area contributed by atoms with Crippen LogP contribution in [0.5, 0.6) is 0 Å². The summed E-state index contributed by atoms with van der Waals surface area (Å²) in [4.78, 5) is 0. The molecule has 0 amide bonds. The van der Waals surface area contributed by atoms with Crippen molar-refractivity contribution < 1.29 is 0 Å². The second kappa shape index (κ2) is 5.61. The normalized spacial score (nSPS) is 17.1. The highest BCUT2D eigenvalue weighted by Gasteiger charge is 2.30. The maximum atomic E-state index is 5.62. The number of hydrogen-bond donors (Lipinski definition) is 2. The molecule has 0 heterocycles. The smallest absolute Gasteiger partial charge is 0.0287 e. The second-order valence-electron chi connectivity index (χ2n) is 4.75. The molecule has 0 aliphatic carbocycles. The first-order valence-corrected chi connectivity index (χ1v) is 5.45. The maximum absolute atomic E-state index is 5.62. The van der Waals surface area contributed by atoms with E-state index in [4.69, 9.17) is 5.84 Å². The first-order chi connectivity index (χ1) is 5.99. The minimum absolute atomic E-state index is 0.295. The highest BCUT2D eigenvalue weighted by molar-refractivity contribution is 4.85. The van der Waals surface area contributed by atoms with E-state index in [1.54, 1.807) is 0 Å². The Morgan fingerprint density at radius 2 is 1.85 bits per heavy atom. The summed E-state index contributed by atoms with van der Waals surface area (Å²) < 4.78 is 0. The number of hydrogen-bond acceptors (Lipinski definition) is 2. The lowest BCUT2D eigenvalue weighted by Gasteiger charge is -2.37. The Labute approximate surface area is 83.2 Å². The molecule has 0 rings (SSSR count). The van der Waals surface area contributed by atoms with Crippen molar-refractivity contribution in [3.05, 3.63) is 0 Å². The van der Waals surface area contributed by atoms with Gasteiger partial charge in [-0.25, -0.2) is 0 Å². The summed E-state index contributed by atoms with van der Waals surface area (Å²) in [5, 5.41) is 0. The Kier molecular flexibility index (Phi) is 5.57. The van der Waals surface area contributed by atoms with Crippen LogP contribution in [0.3, 0.4) is 0 Å². The molecule has 13 heavy (non-hydrogen) atoms. The predicted octanol–water partition coefficient (Wildman–Crippen LogP) is 2.69. The van der Waals surface area contributed by atoms with Gasteiger partial charge in [0.2, 0.25) is 0 Å². The molecule has 2 atom stereocenters. The Morgan fingerprint density at radius 1 is 1.31 bits per heavy atom. The third-order valence-corrected chi connectivity index (χ3v) is 3.25. The SMILES string of the molecule is CCCC(C)C(NN)C(C)(C)CC. The van der Waals surface area contributed by atoms with Crippen molar-refractivity contribution in [3.63, 3.8) is 0 Å². The number of hydrazine groups is 1. The summed E-state index contributed by atoms with van der Waals surface area (Å²) in [7, 11) is 0. The van der Waals surface area contributed by atoms with Crippen molar-refractivity contribution in [2.75, 3.05) is 0 Å². The summed E-state index contributed by atoms with van der Waals surface area (Å²) in [5.41, 5.74) is 3.27. The first kappa shape index (κ1) is 12.9. The first-order valence-electron chi connectivity index (χ1n) is 5.45. The summed E-state index contributed by atoms with van der Waals surface area (Å²) in [6.45, 7) is 11.3. The molecular weight excluding hydrogens is 160 g/mol. The number of rotatable bonds is 6. The largest absolute Gasteiger partial charge is 0.271 e. The average Bonchev–Trinajstić information content (AvgIpc) is 2.05. The molecule has 80 valence electrons. The van der Waals surface area contributed by atoms with Gasteiger partial charge in [-0.3, -0.25) is 11.3 Å². The van der Waals surface area contributed by atoms with E-state index in [1.165, 1.54) is 12.8 Å². The summed E-state index contributed by atoms with van der Waals surface area (Å²) in [6, 6.07) is 0.428. The lowest BCUT2D eigenvalue weighted by Crippen LogP contribution is -2.49. The van der Waals surface area contributed by atoms with Crippen LogP contribution in [0.15, 0.2) is 0 Å². The molecule has 2 heteroatoms. The van der Waals surface area contributed by atoms with Crippen LogP contribution in [-0.2, 0) is 0 Å². The molecule has 0 aliphatic rings. The molecule has 0 aromatic rings. The standard InChI is InChI=1S/C11H26N2/c1-6-8-9(3)10(13-12)11(4,5)7-2/h9-10,13H,6-8,12H2,1-5H3. The highest BCUT2D eigenvalue weighted by atomic mass is 15.2. The van der Waals surface area contributed by atoms with E-state index < -0.39 is 0 Å². The van der Waals surface area contributed by atoms with Crippen molar-refractivity contribution in [1.29, 1.82) is 0 Å². The van der Waals surface area contributed by atoms with E-state index in [1.807, 2.05) is 0 Å². The zero-order chi connectivity index (χ0) is 10.5. The second-order valence-corrected chi connectivity index (χ2v) is 4.75. The van der Waals surface area contributed by atoms with Gasteiger partial charge in [0.25, 0.3) is 0 Å². The molecule has 0 fully saturated rings. The monoisotopic (exact) mass is 186 g/mol. The van der Waals surface area contributed by atoms with Gasteiger partial charge in [0.15, 0.2) is 0 Å². The zero-order valence-electron chi connectivity index (χ0n) is 9.85. The minimum atomic E-state index is 0.295. The summed E-state index contributed by atoms with van der Waals surface area (Å²) in [5.74, 6) is 6.27. The zero-order valence-corrected chi connectivity index (χ0v) is 9.85. The molecule has 0 saturated heterocycles. The quantitative estimate of drug-likeness (QED) is 0.494. The van der Waals surface area contributed by atoms with Crippen LogP contribution in [0.4, 0.5) is 0 Å². The number of nitrogens with two attached hydrogens (primary N) is 1. The van der Waals surface area contributed by atoms with Gasteiger partial charge in [0, 0.05) is 6.04 Å². The van der Waals surface area contributed by atoms with Crippen LogP contribution in [0.25, 0.3) is 0 Å². The van der Waals surface area contributed by atoms with Gasteiger partial charge in [-0.05, 0) is 24.2 Å². The van der Waals surface area contributed by atoms with E-state index >= 15 is 0 Å². The Hall–Kier alpha value is -0.0800. The van der Waals surface area contributed by atoms with Crippen LogP contribution in [-0.4, -0.2) is 6.04 Å². The van der Waals surface area contributed by atoms with Crippen LogP contribution in [0.2, 0.25) is 0 Å². The molecule has 0 spiro atoms. The van der Waals surface area contributed by atoms with Crippen LogP contribution in [0.1, 0.15) is 53.9 Å². The third kappa shape index (κ3) is 3.65. The van der Waals surface area contributed by atoms with Crippen LogP contribution >= 0.6 is 0 Å². The van der Waals surface area contributed by atoms with Gasteiger partial charge in [-0.2, -0.15) is 0 Å². The minimum Gasteiger partial charge on any atom is -0.271 e. The van der Waals surface area contributed by atoms with E-state index in [9.17, 15) is 0 Å². The average molecular weight is 186 g/mol. The number of nitrogens with one attached hydrogen (secondary N) is 1. The van der Waals surface area contributed by atoms with Crippen molar-refractivity contribution in [3.8, 4) is 0 Å². The molecule has 0 saturated carbocycles. The van der Waals surface area contributed by atoms with Crippen molar-refractivity contribution in [2.45, 2.75) is 59.9 Å². The fourth-order valence-corrected chi connectivity index (χ4v) is 2.00.